The second kappa shape index (κ2) is 12.0. The van der Waals surface area contributed by atoms with Crippen LogP contribution in [-0.4, -0.2) is 73.4 Å². The van der Waals surface area contributed by atoms with Gasteiger partial charge < -0.3 is 9.47 Å². The zero-order chi connectivity index (χ0) is 27.4. The lowest BCUT2D eigenvalue weighted by molar-refractivity contribution is -0.134. The third-order valence-electron chi connectivity index (χ3n) is 7.74. The van der Waals surface area contributed by atoms with Gasteiger partial charge in [-0.05, 0) is 42.7 Å². The van der Waals surface area contributed by atoms with Crippen LogP contribution in [0.1, 0.15) is 40.3 Å². The molecule has 2 heterocycles. The number of hydrazone groups is 1. The molecule has 3 aromatic carbocycles. The van der Waals surface area contributed by atoms with E-state index >= 15 is 0 Å². The van der Waals surface area contributed by atoms with E-state index in [0.717, 1.165) is 55.3 Å². The van der Waals surface area contributed by atoms with Crippen LogP contribution in [0, 0.1) is 13.8 Å². The second-order valence-electron chi connectivity index (χ2n) is 10.5. The van der Waals surface area contributed by atoms with Crippen molar-refractivity contribution in [2.75, 3.05) is 46.9 Å². The number of rotatable bonds is 8. The van der Waals surface area contributed by atoms with Crippen molar-refractivity contribution in [3.63, 3.8) is 0 Å². The van der Waals surface area contributed by atoms with Gasteiger partial charge in [-0.1, -0.05) is 54.1 Å². The van der Waals surface area contributed by atoms with E-state index in [1.807, 2.05) is 18.2 Å². The predicted molar refractivity (Wildman–Crippen MR) is 154 cm³/mol. The summed E-state index contributed by atoms with van der Waals surface area (Å²) < 4.78 is 11.1. The lowest BCUT2D eigenvalue weighted by Crippen LogP contribution is -2.49. The maximum atomic E-state index is 13.8. The monoisotopic (exact) mass is 526 g/mol. The van der Waals surface area contributed by atoms with Gasteiger partial charge in [0.25, 0.3) is 5.91 Å². The molecule has 1 saturated heterocycles. The number of nitrogens with zero attached hydrogens (tertiary/aromatic N) is 4. The Morgan fingerprint density at radius 1 is 0.897 bits per heavy atom. The molecule has 7 nitrogen and oxygen atoms in total. The Morgan fingerprint density at radius 2 is 1.64 bits per heavy atom. The number of carbonyl (C=O) groups is 1. The molecular weight excluding hydrogens is 488 g/mol. The van der Waals surface area contributed by atoms with Gasteiger partial charge >= 0.3 is 0 Å². The van der Waals surface area contributed by atoms with Crippen molar-refractivity contribution in [1.82, 2.24) is 14.8 Å². The highest BCUT2D eigenvalue weighted by molar-refractivity contribution is 6.05. The minimum Gasteiger partial charge on any atom is -0.497 e. The molecule has 7 heteroatoms. The maximum Gasteiger partial charge on any atom is 0.257 e. The summed E-state index contributed by atoms with van der Waals surface area (Å²) in [5, 5.41) is 6.64. The van der Waals surface area contributed by atoms with Crippen LogP contribution in [0.3, 0.4) is 0 Å². The first-order valence-electron chi connectivity index (χ1n) is 13.6. The Kier molecular flexibility index (Phi) is 8.29. The van der Waals surface area contributed by atoms with E-state index in [9.17, 15) is 4.79 Å². The van der Waals surface area contributed by atoms with Crippen molar-refractivity contribution >= 4 is 11.6 Å². The fourth-order valence-corrected chi connectivity index (χ4v) is 5.59. The zero-order valence-electron chi connectivity index (χ0n) is 23.4. The molecule has 0 bridgehead atoms. The minimum absolute atomic E-state index is 0.0268. The molecule has 0 aromatic heterocycles. The molecule has 0 N–H and O–H groups in total. The highest BCUT2D eigenvalue weighted by atomic mass is 16.5. The molecule has 0 aliphatic carbocycles. The number of ether oxygens (including phenoxy) is 2. The van der Waals surface area contributed by atoms with Crippen LogP contribution < -0.4 is 9.47 Å². The van der Waals surface area contributed by atoms with Crippen molar-refractivity contribution in [2.45, 2.75) is 32.9 Å². The van der Waals surface area contributed by atoms with Gasteiger partial charge in [0.2, 0.25) is 0 Å². The number of benzene rings is 3. The molecule has 0 radical (unpaired) electrons. The summed E-state index contributed by atoms with van der Waals surface area (Å²) in [4.78, 5) is 18.5. The molecule has 2 aliphatic heterocycles. The lowest BCUT2D eigenvalue weighted by Gasteiger charge is -2.35. The summed E-state index contributed by atoms with van der Waals surface area (Å²) in [6, 6.07) is 22.6. The number of aryl methyl sites for hydroxylation is 2. The van der Waals surface area contributed by atoms with Gasteiger partial charge in [0, 0.05) is 50.8 Å². The van der Waals surface area contributed by atoms with Gasteiger partial charge in [-0.25, -0.2) is 5.01 Å². The highest BCUT2D eigenvalue weighted by Crippen LogP contribution is 2.37. The second-order valence-corrected chi connectivity index (χ2v) is 10.5. The predicted octanol–water partition coefficient (Wildman–Crippen LogP) is 4.82. The number of piperazine rings is 1. The van der Waals surface area contributed by atoms with Crippen LogP contribution >= 0.6 is 0 Å². The quantitative estimate of drug-likeness (QED) is 0.422. The van der Waals surface area contributed by atoms with Gasteiger partial charge in [-0.15, -0.1) is 0 Å². The Balaban J connectivity index is 1.33. The van der Waals surface area contributed by atoms with E-state index in [2.05, 4.69) is 72.2 Å². The fraction of sp³-hybridized carbons (Fsp3) is 0.375. The largest absolute Gasteiger partial charge is 0.497 e. The van der Waals surface area contributed by atoms with Gasteiger partial charge in [0.1, 0.15) is 11.5 Å². The van der Waals surface area contributed by atoms with Crippen LogP contribution in [0.2, 0.25) is 0 Å². The van der Waals surface area contributed by atoms with E-state index in [1.54, 1.807) is 19.2 Å². The summed E-state index contributed by atoms with van der Waals surface area (Å²) >= 11 is 0. The van der Waals surface area contributed by atoms with E-state index in [1.165, 1.54) is 16.7 Å². The summed E-state index contributed by atoms with van der Waals surface area (Å²) in [5.74, 6) is 1.44. The number of methoxy groups -OCH3 is 2. The molecule has 2 aliphatic rings. The SMILES string of the molecule is COc1ccc(C2=NN(C(=O)CN3CCN(Cc4ccccc4)CC3)C(c3ccc(C)cc3C)C2)c(OC)c1. The van der Waals surface area contributed by atoms with Crippen molar-refractivity contribution in [3.8, 4) is 11.5 Å². The third-order valence-corrected chi connectivity index (χ3v) is 7.74. The topological polar surface area (TPSA) is 57.6 Å². The molecule has 5 rings (SSSR count). The molecule has 1 fully saturated rings. The number of amides is 1. The average Bonchev–Trinajstić information content (AvgIpc) is 3.39. The standard InChI is InChI=1S/C32H38N4O3/c1-23-10-12-27(24(2)18-23)30-20-29(28-13-11-26(38-3)19-31(28)39-4)33-36(30)32(37)22-35-16-14-34(15-17-35)21-25-8-6-5-7-9-25/h5-13,18-19,30H,14-17,20-22H2,1-4H3. The van der Waals surface area contributed by atoms with Crippen LogP contribution in [-0.2, 0) is 11.3 Å². The molecule has 39 heavy (non-hydrogen) atoms. The number of hydrogen-bond donors (Lipinski definition) is 0. The van der Waals surface area contributed by atoms with Crippen LogP contribution in [0.4, 0.5) is 0 Å². The first-order chi connectivity index (χ1) is 18.9. The van der Waals surface area contributed by atoms with Crippen LogP contribution in [0.15, 0.2) is 71.8 Å². The molecular formula is C32H38N4O3. The lowest BCUT2D eigenvalue weighted by atomic mass is 9.94. The van der Waals surface area contributed by atoms with E-state index in [-0.39, 0.29) is 11.9 Å². The zero-order valence-corrected chi connectivity index (χ0v) is 23.4. The average molecular weight is 527 g/mol. The van der Waals surface area contributed by atoms with Crippen LogP contribution in [0.25, 0.3) is 0 Å². The normalized spacial score (nSPS) is 18.2. The number of carbonyl (C=O) groups excluding carboxylic acids is 1. The summed E-state index contributed by atoms with van der Waals surface area (Å²) in [6.45, 7) is 9.13. The Bertz CT molecular complexity index is 1330. The summed E-state index contributed by atoms with van der Waals surface area (Å²) in [7, 11) is 3.29. The molecule has 204 valence electrons. The van der Waals surface area contributed by atoms with E-state index in [4.69, 9.17) is 14.6 Å². The number of hydrogen-bond acceptors (Lipinski definition) is 6. The van der Waals surface area contributed by atoms with Gasteiger partial charge in [0.05, 0.1) is 32.5 Å². The van der Waals surface area contributed by atoms with Crippen LogP contribution in [0.5, 0.6) is 11.5 Å². The summed E-state index contributed by atoms with van der Waals surface area (Å²) in [6.07, 6.45) is 0.628. The van der Waals surface area contributed by atoms with Crippen molar-refractivity contribution in [2.24, 2.45) is 5.10 Å². The molecule has 3 aromatic rings. The smallest absolute Gasteiger partial charge is 0.257 e. The molecule has 1 atom stereocenters. The van der Waals surface area contributed by atoms with E-state index in [0.29, 0.717) is 18.7 Å². The van der Waals surface area contributed by atoms with Crippen molar-refractivity contribution in [3.05, 3.63) is 94.5 Å². The summed E-state index contributed by atoms with van der Waals surface area (Å²) in [5.41, 5.74) is 6.57. The highest BCUT2D eigenvalue weighted by Gasteiger charge is 2.35. The van der Waals surface area contributed by atoms with Crippen molar-refractivity contribution in [1.29, 1.82) is 0 Å². The molecule has 1 unspecified atom stereocenters. The van der Waals surface area contributed by atoms with Gasteiger partial charge in [-0.2, -0.15) is 5.10 Å². The Labute approximate surface area is 231 Å². The maximum absolute atomic E-state index is 13.8. The Morgan fingerprint density at radius 3 is 2.33 bits per heavy atom. The first kappa shape index (κ1) is 26.9. The fourth-order valence-electron chi connectivity index (χ4n) is 5.59. The van der Waals surface area contributed by atoms with Crippen molar-refractivity contribution < 1.29 is 14.3 Å². The first-order valence-corrected chi connectivity index (χ1v) is 13.6. The minimum atomic E-state index is -0.153. The molecule has 1 amide bonds. The Hall–Kier alpha value is -3.68. The third kappa shape index (κ3) is 6.15. The van der Waals surface area contributed by atoms with Gasteiger partial charge in [-0.3, -0.25) is 14.6 Å². The van der Waals surface area contributed by atoms with Gasteiger partial charge in [0.15, 0.2) is 0 Å². The molecule has 0 saturated carbocycles. The molecule has 0 spiro atoms. The van der Waals surface area contributed by atoms with E-state index < -0.39 is 0 Å².